The van der Waals surface area contributed by atoms with E-state index in [1.807, 2.05) is 0 Å². The zero-order valence-electron chi connectivity index (χ0n) is 10.9. The van der Waals surface area contributed by atoms with Crippen molar-refractivity contribution in [2.75, 3.05) is 32.8 Å². The predicted molar refractivity (Wildman–Crippen MR) is 68.2 cm³/mol. The lowest BCUT2D eigenvalue weighted by Crippen LogP contribution is -2.34. The van der Waals surface area contributed by atoms with E-state index < -0.39 is 0 Å². The summed E-state index contributed by atoms with van der Waals surface area (Å²) in [6, 6.07) is 0. The minimum Gasteiger partial charge on any atom is -0.396 e. The molecule has 0 bridgehead atoms. The third kappa shape index (κ3) is 4.23. The summed E-state index contributed by atoms with van der Waals surface area (Å²) in [6.07, 6.45) is 4.85. The van der Waals surface area contributed by atoms with Crippen molar-refractivity contribution in [3.8, 4) is 0 Å². The highest BCUT2D eigenvalue weighted by Crippen LogP contribution is 2.44. The van der Waals surface area contributed by atoms with Crippen LogP contribution in [0.2, 0.25) is 0 Å². The Hall–Kier alpha value is -0.650. The van der Waals surface area contributed by atoms with E-state index in [9.17, 15) is 4.79 Å². The van der Waals surface area contributed by atoms with Gasteiger partial charge in [0.25, 0.3) is 0 Å². The maximum Gasteiger partial charge on any atom is 0.222 e. The van der Waals surface area contributed by atoms with Crippen molar-refractivity contribution in [1.82, 2.24) is 10.6 Å². The largest absolute Gasteiger partial charge is 0.396 e. The smallest absolute Gasteiger partial charge is 0.222 e. The van der Waals surface area contributed by atoms with E-state index >= 15 is 0 Å². The van der Waals surface area contributed by atoms with Crippen LogP contribution in [0, 0.1) is 5.41 Å². The molecule has 0 radical (unpaired) electrons. The summed E-state index contributed by atoms with van der Waals surface area (Å²) >= 11 is 0. The normalized spacial score (nSPS) is 22.7. The Labute approximate surface area is 108 Å². The minimum atomic E-state index is -0.00838. The zero-order valence-corrected chi connectivity index (χ0v) is 10.9. The monoisotopic (exact) mass is 256 g/mol. The molecule has 3 N–H and O–H groups in total. The van der Waals surface area contributed by atoms with Crippen LogP contribution in [0.25, 0.3) is 0 Å². The van der Waals surface area contributed by atoms with Crippen LogP contribution in [0.5, 0.6) is 0 Å². The molecule has 1 amide bonds. The van der Waals surface area contributed by atoms with Crippen molar-refractivity contribution in [1.29, 1.82) is 0 Å². The van der Waals surface area contributed by atoms with Gasteiger partial charge in [0.15, 0.2) is 0 Å². The topological polar surface area (TPSA) is 70.6 Å². The van der Waals surface area contributed by atoms with E-state index in [1.165, 1.54) is 0 Å². The van der Waals surface area contributed by atoms with Gasteiger partial charge < -0.3 is 20.5 Å². The number of nitrogens with one attached hydrogen (secondary N) is 2. The first-order valence-corrected chi connectivity index (χ1v) is 6.94. The summed E-state index contributed by atoms with van der Waals surface area (Å²) in [5.74, 6) is 0.0312. The SMILES string of the molecule is O=C(CCOC1CCNCC1)NCC1(CO)CC1. The second kappa shape index (κ2) is 6.50. The van der Waals surface area contributed by atoms with Crippen LogP contribution in [0.15, 0.2) is 0 Å². The van der Waals surface area contributed by atoms with E-state index in [1.54, 1.807) is 0 Å². The summed E-state index contributed by atoms with van der Waals surface area (Å²) in [5.41, 5.74) is -0.00838. The Bertz CT molecular complexity index is 273. The number of carbonyl (C=O) groups excluding carboxylic acids is 1. The number of aliphatic hydroxyl groups is 1. The standard InChI is InChI=1S/C13H24N2O3/c16-10-13(4-5-13)9-15-12(17)3-8-18-11-1-6-14-7-2-11/h11,14,16H,1-10H2,(H,15,17). The molecule has 0 aromatic rings. The molecule has 5 heteroatoms. The van der Waals surface area contributed by atoms with Crippen molar-refractivity contribution in [3.05, 3.63) is 0 Å². The van der Waals surface area contributed by atoms with Crippen LogP contribution >= 0.6 is 0 Å². The molecule has 0 spiro atoms. The third-order valence-corrected chi connectivity index (χ3v) is 3.92. The lowest BCUT2D eigenvalue weighted by Gasteiger charge is -2.22. The second-order valence-electron chi connectivity index (χ2n) is 5.50. The van der Waals surface area contributed by atoms with Gasteiger partial charge in [-0.05, 0) is 38.8 Å². The molecule has 1 aliphatic carbocycles. The number of hydrogen-bond donors (Lipinski definition) is 3. The molecule has 5 nitrogen and oxygen atoms in total. The molecule has 2 aliphatic rings. The number of piperidine rings is 1. The van der Waals surface area contributed by atoms with Gasteiger partial charge in [-0.1, -0.05) is 0 Å². The first-order valence-electron chi connectivity index (χ1n) is 6.94. The average Bonchev–Trinajstić information content (AvgIpc) is 3.18. The number of amides is 1. The lowest BCUT2D eigenvalue weighted by molar-refractivity contribution is -0.123. The predicted octanol–water partition coefficient (Wildman–Crippen LogP) is 0.0338. The van der Waals surface area contributed by atoms with Crippen molar-refractivity contribution in [2.24, 2.45) is 5.41 Å². The maximum atomic E-state index is 11.6. The van der Waals surface area contributed by atoms with Gasteiger partial charge in [0.05, 0.1) is 19.3 Å². The van der Waals surface area contributed by atoms with E-state index in [0.29, 0.717) is 25.7 Å². The van der Waals surface area contributed by atoms with Gasteiger partial charge in [-0.25, -0.2) is 0 Å². The van der Waals surface area contributed by atoms with E-state index in [0.717, 1.165) is 38.8 Å². The average molecular weight is 256 g/mol. The van der Waals surface area contributed by atoms with Crippen LogP contribution in [-0.4, -0.2) is 50.0 Å². The summed E-state index contributed by atoms with van der Waals surface area (Å²) < 4.78 is 5.68. The molecule has 104 valence electrons. The first kappa shape index (κ1) is 13.8. The Morgan fingerprint density at radius 2 is 2.11 bits per heavy atom. The fraction of sp³-hybridized carbons (Fsp3) is 0.923. The molecule has 1 saturated carbocycles. The number of ether oxygens (including phenoxy) is 1. The van der Waals surface area contributed by atoms with Gasteiger partial charge in [-0.15, -0.1) is 0 Å². The lowest BCUT2D eigenvalue weighted by atomic mass is 10.1. The highest BCUT2D eigenvalue weighted by Gasteiger charge is 2.41. The van der Waals surface area contributed by atoms with Crippen molar-refractivity contribution < 1.29 is 14.6 Å². The zero-order chi connectivity index (χ0) is 12.8. The summed E-state index contributed by atoms with van der Waals surface area (Å²) in [4.78, 5) is 11.6. The number of rotatable bonds is 7. The molecule has 0 unspecified atom stereocenters. The molecule has 0 atom stereocenters. The van der Waals surface area contributed by atoms with Gasteiger partial charge in [-0.3, -0.25) is 4.79 Å². The number of hydrogen-bond acceptors (Lipinski definition) is 4. The molecular weight excluding hydrogens is 232 g/mol. The van der Waals surface area contributed by atoms with Crippen molar-refractivity contribution >= 4 is 5.91 Å². The van der Waals surface area contributed by atoms with Crippen LogP contribution in [-0.2, 0) is 9.53 Å². The molecule has 1 aliphatic heterocycles. The molecule has 18 heavy (non-hydrogen) atoms. The van der Waals surface area contributed by atoms with Gasteiger partial charge in [0.2, 0.25) is 5.91 Å². The molecular formula is C13H24N2O3. The molecule has 2 rings (SSSR count). The first-order chi connectivity index (χ1) is 8.74. The molecule has 1 heterocycles. The van der Waals surface area contributed by atoms with Crippen molar-refractivity contribution in [3.63, 3.8) is 0 Å². The second-order valence-corrected chi connectivity index (χ2v) is 5.50. The van der Waals surface area contributed by atoms with Gasteiger partial charge >= 0.3 is 0 Å². The van der Waals surface area contributed by atoms with Crippen LogP contribution in [0.1, 0.15) is 32.1 Å². The summed E-state index contributed by atoms with van der Waals surface area (Å²) in [7, 11) is 0. The van der Waals surface area contributed by atoms with Gasteiger partial charge in [0.1, 0.15) is 0 Å². The third-order valence-electron chi connectivity index (χ3n) is 3.92. The minimum absolute atomic E-state index is 0.00838. The quantitative estimate of drug-likeness (QED) is 0.601. The molecule has 1 saturated heterocycles. The summed E-state index contributed by atoms with van der Waals surface area (Å²) in [6.45, 7) is 3.31. The highest BCUT2D eigenvalue weighted by molar-refractivity contribution is 5.76. The van der Waals surface area contributed by atoms with E-state index in [-0.39, 0.29) is 17.9 Å². The number of carbonyl (C=O) groups is 1. The Kier molecular flexibility index (Phi) is 4.97. The van der Waals surface area contributed by atoms with Gasteiger partial charge in [-0.2, -0.15) is 0 Å². The van der Waals surface area contributed by atoms with Crippen LogP contribution < -0.4 is 10.6 Å². The summed E-state index contributed by atoms with van der Waals surface area (Å²) in [5, 5.41) is 15.3. The molecule has 2 fully saturated rings. The van der Waals surface area contributed by atoms with E-state index in [4.69, 9.17) is 9.84 Å². The van der Waals surface area contributed by atoms with Crippen LogP contribution in [0.4, 0.5) is 0 Å². The van der Waals surface area contributed by atoms with Crippen molar-refractivity contribution in [2.45, 2.75) is 38.2 Å². The Balaban J connectivity index is 1.51. The fourth-order valence-corrected chi connectivity index (χ4v) is 2.22. The van der Waals surface area contributed by atoms with E-state index in [2.05, 4.69) is 10.6 Å². The Morgan fingerprint density at radius 3 is 2.72 bits per heavy atom. The molecule has 0 aromatic heterocycles. The number of aliphatic hydroxyl groups excluding tert-OH is 1. The maximum absolute atomic E-state index is 11.6. The Morgan fingerprint density at radius 1 is 1.39 bits per heavy atom. The molecule has 0 aromatic carbocycles. The highest BCUT2D eigenvalue weighted by atomic mass is 16.5. The fourth-order valence-electron chi connectivity index (χ4n) is 2.22. The van der Waals surface area contributed by atoms with Crippen LogP contribution in [0.3, 0.4) is 0 Å². The van der Waals surface area contributed by atoms with Gasteiger partial charge in [0, 0.05) is 18.4 Å².